The molecule has 0 saturated heterocycles. The molecular formula is C19H17N5O2S. The van der Waals surface area contributed by atoms with Gasteiger partial charge in [-0.15, -0.1) is 5.10 Å². The highest BCUT2D eigenvalue weighted by Gasteiger charge is 2.17. The number of benzene rings is 1. The number of anilines is 1. The first kappa shape index (κ1) is 17.2. The summed E-state index contributed by atoms with van der Waals surface area (Å²) in [6.07, 6.45) is 3.40. The van der Waals surface area contributed by atoms with Crippen molar-refractivity contribution in [1.29, 1.82) is 0 Å². The van der Waals surface area contributed by atoms with Gasteiger partial charge in [-0.3, -0.25) is 9.48 Å². The second kappa shape index (κ2) is 6.81. The molecule has 7 nitrogen and oxygen atoms in total. The molecular weight excluding hydrogens is 362 g/mol. The van der Waals surface area contributed by atoms with E-state index in [2.05, 4.69) is 20.4 Å². The number of carbonyl (C=O) groups excluding carboxylic acids is 1. The van der Waals surface area contributed by atoms with Crippen LogP contribution in [-0.2, 0) is 7.05 Å². The molecule has 27 heavy (non-hydrogen) atoms. The van der Waals surface area contributed by atoms with Crippen LogP contribution in [0.15, 0.2) is 42.7 Å². The molecule has 1 aromatic carbocycles. The SMILES string of the molecule is COc1nn(C)cc1C(=O)Nc1ccc(-c2nc3cccnc3s2)cc1C. The van der Waals surface area contributed by atoms with E-state index in [-0.39, 0.29) is 5.91 Å². The third-order valence-corrected chi connectivity index (χ3v) is 5.15. The molecule has 0 aliphatic carbocycles. The molecule has 1 N–H and O–H groups in total. The largest absolute Gasteiger partial charge is 0.479 e. The van der Waals surface area contributed by atoms with Crippen LogP contribution in [0.3, 0.4) is 0 Å². The smallest absolute Gasteiger partial charge is 0.262 e. The van der Waals surface area contributed by atoms with Gasteiger partial charge >= 0.3 is 0 Å². The number of rotatable bonds is 4. The van der Waals surface area contributed by atoms with Crippen molar-refractivity contribution < 1.29 is 9.53 Å². The minimum atomic E-state index is -0.264. The Morgan fingerprint density at radius 1 is 1.30 bits per heavy atom. The van der Waals surface area contributed by atoms with Crippen molar-refractivity contribution in [1.82, 2.24) is 19.7 Å². The molecule has 0 spiro atoms. The Kier molecular flexibility index (Phi) is 4.33. The predicted octanol–water partition coefficient (Wildman–Crippen LogP) is 3.66. The van der Waals surface area contributed by atoms with E-state index in [1.807, 2.05) is 37.3 Å². The topological polar surface area (TPSA) is 81.9 Å². The van der Waals surface area contributed by atoms with Crippen LogP contribution in [0, 0.1) is 6.92 Å². The van der Waals surface area contributed by atoms with E-state index in [0.29, 0.717) is 11.4 Å². The number of nitrogens with zero attached hydrogens (tertiary/aromatic N) is 4. The molecule has 3 heterocycles. The van der Waals surface area contributed by atoms with Gasteiger partial charge in [0.15, 0.2) is 0 Å². The normalized spacial score (nSPS) is 10.9. The van der Waals surface area contributed by atoms with Gasteiger partial charge in [0, 0.05) is 30.7 Å². The Hall–Kier alpha value is -3.26. The van der Waals surface area contributed by atoms with E-state index < -0.39 is 0 Å². The zero-order chi connectivity index (χ0) is 19.0. The lowest BCUT2D eigenvalue weighted by Crippen LogP contribution is -2.13. The maximum Gasteiger partial charge on any atom is 0.262 e. The number of methoxy groups -OCH3 is 1. The van der Waals surface area contributed by atoms with Crippen molar-refractivity contribution in [2.24, 2.45) is 7.05 Å². The predicted molar refractivity (Wildman–Crippen MR) is 105 cm³/mol. The number of aryl methyl sites for hydroxylation is 2. The van der Waals surface area contributed by atoms with Crippen LogP contribution < -0.4 is 10.1 Å². The van der Waals surface area contributed by atoms with Gasteiger partial charge in [-0.1, -0.05) is 11.3 Å². The number of pyridine rings is 1. The van der Waals surface area contributed by atoms with Crippen LogP contribution in [0.25, 0.3) is 20.9 Å². The van der Waals surface area contributed by atoms with E-state index in [9.17, 15) is 4.79 Å². The molecule has 1 amide bonds. The van der Waals surface area contributed by atoms with Gasteiger partial charge in [0.25, 0.3) is 5.91 Å². The van der Waals surface area contributed by atoms with E-state index in [0.717, 1.165) is 32.2 Å². The van der Waals surface area contributed by atoms with Gasteiger partial charge in [-0.25, -0.2) is 9.97 Å². The van der Waals surface area contributed by atoms with Crippen LogP contribution in [0.2, 0.25) is 0 Å². The highest BCUT2D eigenvalue weighted by atomic mass is 32.1. The third-order valence-electron chi connectivity index (χ3n) is 4.12. The first-order valence-electron chi connectivity index (χ1n) is 8.26. The van der Waals surface area contributed by atoms with Gasteiger partial charge in [-0.05, 0) is 42.8 Å². The molecule has 4 rings (SSSR count). The fourth-order valence-corrected chi connectivity index (χ4v) is 3.70. The third kappa shape index (κ3) is 3.26. The van der Waals surface area contributed by atoms with E-state index in [1.54, 1.807) is 35.5 Å². The van der Waals surface area contributed by atoms with Crippen LogP contribution in [0.4, 0.5) is 5.69 Å². The summed E-state index contributed by atoms with van der Waals surface area (Å²) < 4.78 is 6.70. The maximum atomic E-state index is 12.6. The number of thiazole rings is 1. The molecule has 0 aliphatic heterocycles. The molecule has 0 aliphatic rings. The van der Waals surface area contributed by atoms with E-state index in [4.69, 9.17) is 4.74 Å². The molecule has 3 aromatic heterocycles. The molecule has 0 unspecified atom stereocenters. The Morgan fingerprint density at radius 3 is 2.89 bits per heavy atom. The number of ether oxygens (including phenoxy) is 1. The van der Waals surface area contributed by atoms with E-state index in [1.165, 1.54) is 7.11 Å². The lowest BCUT2D eigenvalue weighted by atomic mass is 10.1. The van der Waals surface area contributed by atoms with Crippen LogP contribution in [0.5, 0.6) is 5.88 Å². The van der Waals surface area contributed by atoms with Crippen LogP contribution in [-0.4, -0.2) is 32.8 Å². The average molecular weight is 379 g/mol. The standard InChI is InChI=1S/C19H17N5O2S/c1-11-9-12(18-22-15-5-4-8-20-19(15)27-18)6-7-14(11)21-16(25)13-10-24(2)23-17(13)26-3/h4-10H,1-3H3,(H,21,25). The summed E-state index contributed by atoms with van der Waals surface area (Å²) in [5.74, 6) is 0.0336. The summed E-state index contributed by atoms with van der Waals surface area (Å²) in [5.41, 5.74) is 3.94. The number of hydrogen-bond donors (Lipinski definition) is 1. The number of aromatic nitrogens is 4. The van der Waals surface area contributed by atoms with Crippen molar-refractivity contribution in [3.8, 4) is 16.5 Å². The van der Waals surface area contributed by atoms with Crippen molar-refractivity contribution in [2.45, 2.75) is 6.92 Å². The van der Waals surface area contributed by atoms with E-state index >= 15 is 0 Å². The highest BCUT2D eigenvalue weighted by molar-refractivity contribution is 7.21. The minimum Gasteiger partial charge on any atom is -0.479 e. The van der Waals surface area contributed by atoms with Gasteiger partial charge in [0.1, 0.15) is 20.9 Å². The van der Waals surface area contributed by atoms with Gasteiger partial charge < -0.3 is 10.1 Å². The first-order chi connectivity index (χ1) is 13.0. The van der Waals surface area contributed by atoms with Crippen molar-refractivity contribution in [2.75, 3.05) is 12.4 Å². The summed E-state index contributed by atoms with van der Waals surface area (Å²) in [6.45, 7) is 1.95. The highest BCUT2D eigenvalue weighted by Crippen LogP contribution is 2.31. The Morgan fingerprint density at radius 2 is 2.15 bits per heavy atom. The molecule has 4 aromatic rings. The van der Waals surface area contributed by atoms with Crippen LogP contribution >= 0.6 is 11.3 Å². The lowest BCUT2D eigenvalue weighted by Gasteiger charge is -2.09. The Balaban J connectivity index is 1.60. The number of hydrogen-bond acceptors (Lipinski definition) is 6. The van der Waals surface area contributed by atoms with Gasteiger partial charge in [-0.2, -0.15) is 0 Å². The number of nitrogens with one attached hydrogen (secondary N) is 1. The fraction of sp³-hybridized carbons (Fsp3) is 0.158. The van der Waals surface area contributed by atoms with Crippen molar-refractivity contribution in [3.05, 3.63) is 53.9 Å². The number of fused-ring (bicyclic) bond motifs is 1. The van der Waals surface area contributed by atoms with Crippen LogP contribution in [0.1, 0.15) is 15.9 Å². The average Bonchev–Trinajstić information content (AvgIpc) is 3.26. The Labute approximate surface area is 159 Å². The molecule has 0 atom stereocenters. The molecule has 0 bridgehead atoms. The van der Waals surface area contributed by atoms with Crippen molar-refractivity contribution in [3.63, 3.8) is 0 Å². The molecule has 136 valence electrons. The lowest BCUT2D eigenvalue weighted by molar-refractivity contribution is 0.102. The second-order valence-corrected chi connectivity index (χ2v) is 7.03. The summed E-state index contributed by atoms with van der Waals surface area (Å²) in [7, 11) is 3.23. The number of carbonyl (C=O) groups is 1. The molecule has 0 saturated carbocycles. The summed E-state index contributed by atoms with van der Waals surface area (Å²) >= 11 is 1.55. The fourth-order valence-electron chi connectivity index (χ4n) is 2.79. The van der Waals surface area contributed by atoms with Gasteiger partial charge in [0.05, 0.1) is 7.11 Å². The summed E-state index contributed by atoms with van der Waals surface area (Å²) in [4.78, 5) is 22.4. The maximum absolute atomic E-state index is 12.6. The molecule has 0 fully saturated rings. The van der Waals surface area contributed by atoms with Crippen molar-refractivity contribution >= 4 is 33.3 Å². The quantitative estimate of drug-likeness (QED) is 0.585. The monoisotopic (exact) mass is 379 g/mol. The second-order valence-electron chi connectivity index (χ2n) is 6.06. The minimum absolute atomic E-state index is 0.264. The molecule has 0 radical (unpaired) electrons. The zero-order valence-corrected chi connectivity index (χ0v) is 15.9. The zero-order valence-electron chi connectivity index (χ0n) is 15.1. The molecule has 8 heteroatoms. The Bertz CT molecular complexity index is 1120. The summed E-state index contributed by atoms with van der Waals surface area (Å²) in [6, 6.07) is 9.66. The number of amides is 1. The summed E-state index contributed by atoms with van der Waals surface area (Å²) in [5, 5.41) is 7.93. The van der Waals surface area contributed by atoms with Gasteiger partial charge in [0.2, 0.25) is 5.88 Å². The first-order valence-corrected chi connectivity index (χ1v) is 9.08.